The monoisotopic (exact) mass is 973 g/mol. The number of benzene rings is 1. The maximum atomic E-state index is 14.9. The number of hydrogen-bond donors (Lipinski definition) is 4. The second-order valence-corrected chi connectivity index (χ2v) is 21.8. The fourth-order valence-electron chi connectivity index (χ4n) is 10.8. The maximum absolute atomic E-state index is 14.9. The minimum absolute atomic E-state index is 0.00650. The first kappa shape index (κ1) is 55.3. The number of rotatable bonds is 10. The molecule has 0 spiro atoms. The third-order valence-electron chi connectivity index (χ3n) is 15.0. The van der Waals surface area contributed by atoms with Crippen LogP contribution >= 0.6 is 0 Å². The summed E-state index contributed by atoms with van der Waals surface area (Å²) in [6.07, 6.45) is 4.34. The number of hydrazone groups is 1. The van der Waals surface area contributed by atoms with Crippen LogP contribution in [0.5, 0.6) is 0 Å². The van der Waals surface area contributed by atoms with Crippen LogP contribution < -0.4 is 4.83 Å². The predicted molar refractivity (Wildman–Crippen MR) is 256 cm³/mol. The van der Waals surface area contributed by atoms with E-state index < -0.39 is 104 Å². The van der Waals surface area contributed by atoms with Gasteiger partial charge in [0.15, 0.2) is 6.04 Å². The van der Waals surface area contributed by atoms with Crippen LogP contribution in [0.3, 0.4) is 0 Å². The zero-order chi connectivity index (χ0) is 50.1. The van der Waals surface area contributed by atoms with E-state index in [1.54, 1.807) is 45.2 Å². The Bertz CT molecular complexity index is 2110. The Morgan fingerprint density at radius 2 is 1.60 bits per heavy atom. The summed E-state index contributed by atoms with van der Waals surface area (Å²) in [6.45, 7) is 13.3. The summed E-state index contributed by atoms with van der Waals surface area (Å²) in [7, 11) is 1.98. The van der Waals surface area contributed by atoms with Gasteiger partial charge in [0.2, 0.25) is 5.79 Å². The number of sulfonamides is 1. The first-order valence-corrected chi connectivity index (χ1v) is 25.7. The molecule has 1 aromatic rings. The number of hydrogen-bond acceptors (Lipinski definition) is 14. The van der Waals surface area contributed by atoms with Crippen molar-refractivity contribution in [3.63, 3.8) is 0 Å². The van der Waals surface area contributed by atoms with Crippen LogP contribution in [-0.4, -0.2) is 141 Å². The van der Waals surface area contributed by atoms with E-state index in [0.717, 1.165) is 5.57 Å². The number of amides is 1. The summed E-state index contributed by atoms with van der Waals surface area (Å²) in [5.74, 6) is -7.81. The molecule has 15 atom stereocenters. The van der Waals surface area contributed by atoms with E-state index in [1.165, 1.54) is 33.4 Å². The van der Waals surface area contributed by atoms with Crippen LogP contribution in [0.4, 0.5) is 0 Å². The number of aliphatic hydroxyl groups excluding tert-OH is 2. The molecule has 17 heteroatoms. The number of esters is 1. The number of carbonyl (C=O) groups excluding carboxylic acids is 3. The first-order chi connectivity index (χ1) is 32.1. The summed E-state index contributed by atoms with van der Waals surface area (Å²) in [6, 6.07) is 6.69. The number of allylic oxidation sites excluding steroid dienone is 4. The van der Waals surface area contributed by atoms with E-state index in [4.69, 9.17) is 23.7 Å². The average Bonchev–Trinajstić information content (AvgIpc) is 3.31. The number of cyclic esters (lactones) is 1. The third-order valence-corrected chi connectivity index (χ3v) is 16.2. The lowest BCUT2D eigenvalue weighted by atomic mass is 9.81. The van der Waals surface area contributed by atoms with Crippen molar-refractivity contribution in [2.45, 2.75) is 165 Å². The number of nitrogens with one attached hydrogen (secondary N) is 1. The normalized spacial score (nSPS) is 39.1. The molecule has 1 saturated carbocycles. The summed E-state index contributed by atoms with van der Waals surface area (Å²) < 4.78 is 56.9. The first-order valence-electron chi connectivity index (χ1n) is 24.2. The van der Waals surface area contributed by atoms with Crippen molar-refractivity contribution in [2.75, 3.05) is 34.9 Å². The highest BCUT2D eigenvalue weighted by atomic mass is 32.2. The van der Waals surface area contributed by atoms with Gasteiger partial charge in [-0.25, -0.2) is 18.9 Å². The molecule has 68 heavy (non-hydrogen) atoms. The molecule has 15 unspecified atom stereocenters. The molecule has 4 aliphatic rings. The number of aliphatic hydroxyl groups is 3. The van der Waals surface area contributed by atoms with Crippen molar-refractivity contribution in [1.29, 1.82) is 0 Å². The molecule has 380 valence electrons. The van der Waals surface area contributed by atoms with Gasteiger partial charge >= 0.3 is 17.7 Å². The van der Waals surface area contributed by atoms with Crippen molar-refractivity contribution < 1.29 is 66.3 Å². The molecular formula is C51H78N3O13S+. The molecule has 16 nitrogen and oxygen atoms in total. The standard InChI is InChI=1S/C51H78N3O13S/c1-11-17-37-25-31(2)24-32(3)26-44(64-9)47-45(65-10)28-34(5)51(60,67-47)48(57)49(58)54(7)23-16-15-20-40(54)50(59)66-46(33(4)27-36-21-22-41(55)43(29-36)63-8)35(6)42(56)30-39(37)52-53-68(61,62)38-18-13-12-14-19-38/h11-14,18-19,25,27,32,34-37,40-47,53,55-56,60H,1,15-17,20-24,26,28-30H2,2-10H3/q+1/b31-25+,33-27?,52-39?. The van der Waals surface area contributed by atoms with E-state index >= 15 is 0 Å². The number of fused-ring (bicyclic) bond motifs is 3. The van der Waals surface area contributed by atoms with Crippen LogP contribution in [0.1, 0.15) is 105 Å². The van der Waals surface area contributed by atoms with Gasteiger partial charge in [0.05, 0.1) is 49.0 Å². The van der Waals surface area contributed by atoms with Crippen molar-refractivity contribution in [3.8, 4) is 0 Å². The number of quaternary nitrogens is 1. The largest absolute Gasteiger partial charge is 0.453 e. The smallest absolute Gasteiger partial charge is 0.388 e. The Labute approximate surface area is 403 Å². The van der Waals surface area contributed by atoms with E-state index in [2.05, 4.69) is 16.5 Å². The van der Waals surface area contributed by atoms with Gasteiger partial charge in [0, 0.05) is 57.6 Å². The van der Waals surface area contributed by atoms with Crippen molar-refractivity contribution >= 4 is 33.4 Å². The highest BCUT2D eigenvalue weighted by Crippen LogP contribution is 2.40. The molecule has 4 N–H and O–H groups in total. The van der Waals surface area contributed by atoms with Gasteiger partial charge in [-0.05, 0) is 101 Å². The van der Waals surface area contributed by atoms with Gasteiger partial charge in [-0.3, -0.25) is 4.79 Å². The Kier molecular flexibility index (Phi) is 19.5. The quantitative estimate of drug-likeness (QED) is 0.0745. The Hall–Kier alpha value is -3.65. The van der Waals surface area contributed by atoms with E-state index in [-0.39, 0.29) is 42.5 Å². The topological polar surface area (TPSA) is 217 Å². The zero-order valence-corrected chi connectivity index (χ0v) is 42.4. The molecule has 3 heterocycles. The van der Waals surface area contributed by atoms with Crippen LogP contribution in [0.25, 0.3) is 0 Å². The lowest BCUT2D eigenvalue weighted by Crippen LogP contribution is -2.69. The molecule has 0 aromatic heterocycles. The predicted octanol–water partition coefficient (Wildman–Crippen LogP) is 5.55. The second kappa shape index (κ2) is 24.0. The number of Topliss-reactive ketones (excluding diaryl/α,β-unsaturated/α-hetero) is 1. The fraction of sp³-hybridized carbons (Fsp3) is 0.686. The number of ether oxygens (including phenoxy) is 5. The van der Waals surface area contributed by atoms with Crippen molar-refractivity contribution in [2.24, 2.45) is 34.7 Å². The Morgan fingerprint density at radius 1 is 0.941 bits per heavy atom. The lowest BCUT2D eigenvalue weighted by molar-refractivity contribution is -0.854. The highest BCUT2D eigenvalue weighted by molar-refractivity contribution is 7.89. The number of ketones is 1. The molecule has 2 saturated heterocycles. The molecule has 5 rings (SSSR count). The van der Waals surface area contributed by atoms with Crippen LogP contribution in [0.2, 0.25) is 0 Å². The maximum Gasteiger partial charge on any atom is 0.388 e. The summed E-state index contributed by atoms with van der Waals surface area (Å²) in [5, 5.41) is 39.8. The van der Waals surface area contributed by atoms with Crippen LogP contribution in [0.15, 0.2) is 76.3 Å². The average molecular weight is 973 g/mol. The number of likely N-dealkylation sites (N-methyl/N-ethyl adjacent to an activating group) is 1. The fourth-order valence-corrected chi connectivity index (χ4v) is 11.7. The van der Waals surface area contributed by atoms with Crippen LogP contribution in [-0.2, 0) is 48.1 Å². The molecule has 2 bridgehead atoms. The Morgan fingerprint density at radius 3 is 2.25 bits per heavy atom. The molecule has 0 radical (unpaired) electrons. The van der Waals surface area contributed by atoms with Gasteiger partial charge in [0.25, 0.3) is 10.0 Å². The zero-order valence-electron chi connectivity index (χ0n) is 41.5. The number of carbonyl (C=O) groups is 3. The molecular weight excluding hydrogens is 895 g/mol. The number of nitrogens with zero attached hydrogens (tertiary/aromatic N) is 2. The third kappa shape index (κ3) is 12.8. The van der Waals surface area contributed by atoms with Gasteiger partial charge < -0.3 is 39.0 Å². The molecule has 3 fully saturated rings. The SMILES string of the molecule is C=CCC1/C=C(\C)CC(C)CC(OC)C2OC(O)(C(=O)C(=O)[N+]3(C)CCCCC3C(=O)OC(C(C)=CC3CCC(O)C(OC)C3)C(C)C(O)CC1=NNS(=O)(=O)c1ccccc1)C(C)CC2OC. The van der Waals surface area contributed by atoms with Gasteiger partial charge in [-0.1, -0.05) is 62.8 Å². The highest BCUT2D eigenvalue weighted by Gasteiger charge is 2.61. The molecule has 1 amide bonds. The van der Waals surface area contributed by atoms with Gasteiger partial charge in [-0.15, -0.1) is 6.58 Å². The minimum Gasteiger partial charge on any atom is -0.453 e. The van der Waals surface area contributed by atoms with Crippen molar-refractivity contribution in [1.82, 2.24) is 4.83 Å². The van der Waals surface area contributed by atoms with Crippen molar-refractivity contribution in [3.05, 3.63) is 66.3 Å². The molecule has 1 aliphatic carbocycles. The van der Waals surface area contributed by atoms with E-state index in [0.29, 0.717) is 62.7 Å². The second-order valence-electron chi connectivity index (χ2n) is 20.1. The van der Waals surface area contributed by atoms with Gasteiger partial charge in [0.1, 0.15) is 12.2 Å². The van der Waals surface area contributed by atoms with Crippen LogP contribution in [0, 0.1) is 29.6 Å². The summed E-state index contributed by atoms with van der Waals surface area (Å²) in [5.41, 5.74) is 1.86. The summed E-state index contributed by atoms with van der Waals surface area (Å²) in [4.78, 5) is 46.7. The minimum atomic E-state index is -4.13. The van der Waals surface area contributed by atoms with Gasteiger partial charge in [-0.2, -0.15) is 13.5 Å². The van der Waals surface area contributed by atoms with E-state index in [1.807, 2.05) is 32.9 Å². The number of methoxy groups -OCH3 is 3. The summed E-state index contributed by atoms with van der Waals surface area (Å²) >= 11 is 0. The molecule has 3 aliphatic heterocycles. The lowest BCUT2D eigenvalue weighted by Gasteiger charge is -2.47. The van der Waals surface area contributed by atoms with E-state index in [9.17, 15) is 38.1 Å². The number of piperidine rings is 1. The Balaban J connectivity index is 1.66. The molecule has 1 aromatic carbocycles.